The Kier molecular flexibility index (Phi) is 4.16. The highest BCUT2D eigenvalue weighted by atomic mass is 16.2. The van der Waals surface area contributed by atoms with Gasteiger partial charge in [-0.2, -0.15) is 0 Å². The van der Waals surface area contributed by atoms with Crippen molar-refractivity contribution in [2.45, 2.75) is 27.2 Å². The van der Waals surface area contributed by atoms with E-state index in [1.807, 2.05) is 32.0 Å². The fourth-order valence-corrected chi connectivity index (χ4v) is 1.23. The molecule has 1 aromatic carbocycles. The summed E-state index contributed by atoms with van der Waals surface area (Å²) >= 11 is 0. The van der Waals surface area contributed by atoms with Crippen molar-refractivity contribution < 1.29 is 4.79 Å². The molecule has 15 heavy (non-hydrogen) atoms. The van der Waals surface area contributed by atoms with Gasteiger partial charge in [-0.3, -0.25) is 0 Å². The number of carbonyl (C=O) groups excluding carboxylic acids is 1. The molecular weight excluding hydrogens is 188 g/mol. The quantitative estimate of drug-likeness (QED) is 0.784. The first-order valence-corrected chi connectivity index (χ1v) is 5.25. The van der Waals surface area contributed by atoms with Gasteiger partial charge in [-0.15, -0.1) is 0 Å². The lowest BCUT2D eigenvalue weighted by atomic mass is 10.1. The third-order valence-electron chi connectivity index (χ3n) is 2.30. The van der Waals surface area contributed by atoms with Gasteiger partial charge in [0.05, 0.1) is 0 Å². The highest BCUT2D eigenvalue weighted by molar-refractivity contribution is 5.89. The first-order valence-electron chi connectivity index (χ1n) is 5.25. The molecule has 0 aliphatic heterocycles. The monoisotopic (exact) mass is 206 g/mol. The van der Waals surface area contributed by atoms with Crippen molar-refractivity contribution in [1.82, 2.24) is 5.32 Å². The Bertz CT molecular complexity index is 347. The molecule has 0 radical (unpaired) electrons. The summed E-state index contributed by atoms with van der Waals surface area (Å²) in [5.74, 6) is 0. The lowest BCUT2D eigenvalue weighted by Crippen LogP contribution is -2.29. The number of nitrogens with one attached hydrogen (secondary N) is 2. The molecule has 0 saturated carbocycles. The minimum Gasteiger partial charge on any atom is -0.338 e. The molecule has 0 spiro atoms. The van der Waals surface area contributed by atoms with Crippen LogP contribution >= 0.6 is 0 Å². The molecule has 0 saturated heterocycles. The van der Waals surface area contributed by atoms with Crippen molar-refractivity contribution in [1.29, 1.82) is 0 Å². The molecule has 1 aromatic rings. The zero-order chi connectivity index (χ0) is 11.3. The minimum absolute atomic E-state index is 0.139. The molecule has 2 N–H and O–H groups in total. The Balaban J connectivity index is 2.57. The maximum atomic E-state index is 11.3. The van der Waals surface area contributed by atoms with Crippen LogP contribution < -0.4 is 10.6 Å². The number of rotatable bonds is 3. The van der Waals surface area contributed by atoms with Crippen molar-refractivity contribution in [3.8, 4) is 0 Å². The highest BCUT2D eigenvalue weighted by Gasteiger charge is 2.00. The predicted octanol–water partition coefficient (Wildman–Crippen LogP) is 2.83. The van der Waals surface area contributed by atoms with Gasteiger partial charge in [-0.25, -0.2) is 4.79 Å². The van der Waals surface area contributed by atoms with E-state index in [-0.39, 0.29) is 6.03 Å². The van der Waals surface area contributed by atoms with Gasteiger partial charge in [0.2, 0.25) is 0 Å². The molecule has 0 unspecified atom stereocenters. The summed E-state index contributed by atoms with van der Waals surface area (Å²) in [6, 6.07) is 5.75. The van der Waals surface area contributed by atoms with Gasteiger partial charge in [0.25, 0.3) is 0 Å². The van der Waals surface area contributed by atoms with Crippen molar-refractivity contribution in [2.75, 3.05) is 11.9 Å². The topological polar surface area (TPSA) is 41.1 Å². The number of aryl methyl sites for hydroxylation is 2. The molecule has 0 fully saturated rings. The van der Waals surface area contributed by atoms with Crippen LogP contribution in [-0.2, 0) is 0 Å². The summed E-state index contributed by atoms with van der Waals surface area (Å²) in [6.07, 6.45) is 0.945. The molecule has 82 valence electrons. The Hall–Kier alpha value is -1.51. The Morgan fingerprint density at radius 3 is 2.60 bits per heavy atom. The molecule has 0 aliphatic rings. The lowest BCUT2D eigenvalue weighted by Gasteiger charge is -2.08. The van der Waals surface area contributed by atoms with Gasteiger partial charge in [0.1, 0.15) is 0 Å². The summed E-state index contributed by atoms with van der Waals surface area (Å²) in [5, 5.41) is 5.56. The molecule has 0 aliphatic carbocycles. The third kappa shape index (κ3) is 3.62. The number of anilines is 1. The molecule has 0 bridgehead atoms. The molecule has 3 heteroatoms. The van der Waals surface area contributed by atoms with E-state index in [4.69, 9.17) is 0 Å². The first kappa shape index (κ1) is 11.6. The molecule has 1 rings (SSSR count). The van der Waals surface area contributed by atoms with E-state index in [1.54, 1.807) is 0 Å². The average Bonchev–Trinajstić information content (AvgIpc) is 2.20. The average molecular weight is 206 g/mol. The fraction of sp³-hybridized carbons (Fsp3) is 0.417. The van der Waals surface area contributed by atoms with Crippen LogP contribution in [0.5, 0.6) is 0 Å². The molecule has 3 nitrogen and oxygen atoms in total. The maximum absolute atomic E-state index is 11.3. The van der Waals surface area contributed by atoms with E-state index in [2.05, 4.69) is 17.6 Å². The summed E-state index contributed by atoms with van der Waals surface area (Å²) < 4.78 is 0. The Morgan fingerprint density at radius 2 is 2.00 bits per heavy atom. The summed E-state index contributed by atoms with van der Waals surface area (Å²) in [4.78, 5) is 11.3. The van der Waals surface area contributed by atoms with E-state index in [0.29, 0.717) is 6.54 Å². The summed E-state index contributed by atoms with van der Waals surface area (Å²) in [5.41, 5.74) is 3.25. The number of amides is 2. The number of urea groups is 1. The Labute approximate surface area is 90.9 Å². The van der Waals surface area contributed by atoms with Crippen LogP contribution in [0.4, 0.5) is 10.5 Å². The Morgan fingerprint density at radius 1 is 1.27 bits per heavy atom. The van der Waals surface area contributed by atoms with Crippen LogP contribution in [0.3, 0.4) is 0 Å². The molecule has 0 heterocycles. The van der Waals surface area contributed by atoms with Crippen LogP contribution in [0.1, 0.15) is 24.5 Å². The van der Waals surface area contributed by atoms with Crippen LogP contribution in [0.25, 0.3) is 0 Å². The van der Waals surface area contributed by atoms with Gasteiger partial charge in [-0.05, 0) is 43.5 Å². The molecule has 0 atom stereocenters. The van der Waals surface area contributed by atoms with Crippen molar-refractivity contribution >= 4 is 11.7 Å². The number of benzene rings is 1. The van der Waals surface area contributed by atoms with Crippen molar-refractivity contribution in [3.05, 3.63) is 29.3 Å². The second-order valence-electron chi connectivity index (χ2n) is 3.68. The van der Waals surface area contributed by atoms with E-state index >= 15 is 0 Å². The van der Waals surface area contributed by atoms with Crippen molar-refractivity contribution in [3.63, 3.8) is 0 Å². The molecule has 0 aromatic heterocycles. The van der Waals surface area contributed by atoms with Gasteiger partial charge < -0.3 is 10.6 Å². The zero-order valence-corrected chi connectivity index (χ0v) is 9.55. The maximum Gasteiger partial charge on any atom is 0.319 e. The van der Waals surface area contributed by atoms with Crippen molar-refractivity contribution in [2.24, 2.45) is 0 Å². The van der Waals surface area contributed by atoms with Gasteiger partial charge in [0, 0.05) is 12.2 Å². The lowest BCUT2D eigenvalue weighted by molar-refractivity contribution is 0.252. The van der Waals surface area contributed by atoms with Gasteiger partial charge >= 0.3 is 6.03 Å². The number of carbonyl (C=O) groups is 1. The van der Waals surface area contributed by atoms with E-state index < -0.39 is 0 Å². The van der Waals surface area contributed by atoms with E-state index in [0.717, 1.165) is 12.1 Å². The second-order valence-corrected chi connectivity index (χ2v) is 3.68. The largest absolute Gasteiger partial charge is 0.338 e. The van der Waals surface area contributed by atoms with Crippen LogP contribution in [0.15, 0.2) is 18.2 Å². The zero-order valence-electron chi connectivity index (χ0n) is 9.55. The minimum atomic E-state index is -0.139. The standard InChI is InChI=1S/C12H18N2O/c1-4-7-13-12(15)14-11-6-5-9(2)10(3)8-11/h5-6,8H,4,7H2,1-3H3,(H2,13,14,15). The fourth-order valence-electron chi connectivity index (χ4n) is 1.23. The van der Waals surface area contributed by atoms with E-state index in [1.165, 1.54) is 11.1 Å². The number of hydrogen-bond donors (Lipinski definition) is 2. The van der Waals surface area contributed by atoms with E-state index in [9.17, 15) is 4.79 Å². The summed E-state index contributed by atoms with van der Waals surface area (Å²) in [6.45, 7) is 6.81. The molecular formula is C12H18N2O. The third-order valence-corrected chi connectivity index (χ3v) is 2.30. The van der Waals surface area contributed by atoms with Crippen LogP contribution in [0.2, 0.25) is 0 Å². The first-order chi connectivity index (χ1) is 7.13. The second kappa shape index (κ2) is 5.39. The summed E-state index contributed by atoms with van der Waals surface area (Å²) in [7, 11) is 0. The van der Waals surface area contributed by atoms with Crippen LogP contribution in [-0.4, -0.2) is 12.6 Å². The van der Waals surface area contributed by atoms with Gasteiger partial charge in [-0.1, -0.05) is 13.0 Å². The number of hydrogen-bond acceptors (Lipinski definition) is 1. The van der Waals surface area contributed by atoms with Crippen LogP contribution in [0, 0.1) is 13.8 Å². The normalized spacial score (nSPS) is 9.80. The SMILES string of the molecule is CCCNC(=O)Nc1ccc(C)c(C)c1. The van der Waals surface area contributed by atoms with Gasteiger partial charge in [0.15, 0.2) is 0 Å². The molecule has 2 amide bonds. The smallest absolute Gasteiger partial charge is 0.319 e. The highest BCUT2D eigenvalue weighted by Crippen LogP contribution is 2.13. The predicted molar refractivity (Wildman–Crippen MR) is 63.2 cm³/mol.